The van der Waals surface area contributed by atoms with Gasteiger partial charge in [0.15, 0.2) is 0 Å². The summed E-state index contributed by atoms with van der Waals surface area (Å²) in [4.78, 5) is 25.7. The first kappa shape index (κ1) is 16.4. The van der Waals surface area contributed by atoms with Crippen molar-refractivity contribution >= 4 is 17.5 Å². The average molecular weight is 312 g/mol. The first-order valence-electron chi connectivity index (χ1n) is 6.96. The Bertz CT molecular complexity index is 560. The van der Waals surface area contributed by atoms with Gasteiger partial charge in [0.1, 0.15) is 11.6 Å². The van der Waals surface area contributed by atoms with Gasteiger partial charge >= 0.3 is 0 Å². The van der Waals surface area contributed by atoms with Crippen LogP contribution in [-0.2, 0) is 14.3 Å². The zero-order valence-electron chi connectivity index (χ0n) is 12.4. The van der Waals surface area contributed by atoms with Crippen LogP contribution in [0.15, 0.2) is 18.2 Å². The molecule has 0 saturated carbocycles. The normalized spacial score (nSPS) is 19.4. The molecule has 120 valence electrons. The Morgan fingerprint density at radius 1 is 1.41 bits per heavy atom. The van der Waals surface area contributed by atoms with Crippen LogP contribution in [0.5, 0.6) is 0 Å². The van der Waals surface area contributed by atoms with Gasteiger partial charge in [-0.05, 0) is 19.1 Å². The molecule has 0 radical (unpaired) electrons. The summed E-state index contributed by atoms with van der Waals surface area (Å²) >= 11 is 0. The van der Waals surface area contributed by atoms with Gasteiger partial charge in [0, 0.05) is 31.8 Å². The Labute approximate surface area is 127 Å². The van der Waals surface area contributed by atoms with Crippen LogP contribution in [0.25, 0.3) is 0 Å². The van der Waals surface area contributed by atoms with Crippen LogP contribution in [0.2, 0.25) is 0 Å². The Morgan fingerprint density at radius 3 is 2.64 bits per heavy atom. The quantitative estimate of drug-likeness (QED) is 0.902. The van der Waals surface area contributed by atoms with Crippen molar-refractivity contribution in [2.75, 3.05) is 25.6 Å². The van der Waals surface area contributed by atoms with E-state index >= 15 is 0 Å². The van der Waals surface area contributed by atoms with Gasteiger partial charge in [0.2, 0.25) is 11.8 Å². The van der Waals surface area contributed by atoms with E-state index in [0.29, 0.717) is 6.61 Å². The molecule has 2 rings (SSSR count). The van der Waals surface area contributed by atoms with Crippen LogP contribution in [0.3, 0.4) is 0 Å². The van der Waals surface area contributed by atoms with E-state index in [1.165, 1.54) is 0 Å². The number of methoxy groups -OCH3 is 1. The van der Waals surface area contributed by atoms with E-state index in [2.05, 4.69) is 5.32 Å². The fraction of sp³-hybridized carbons (Fsp3) is 0.467. The number of benzene rings is 1. The monoisotopic (exact) mass is 312 g/mol. The lowest BCUT2D eigenvalue weighted by atomic mass is 10.1. The number of rotatable bonds is 5. The van der Waals surface area contributed by atoms with Crippen molar-refractivity contribution in [2.24, 2.45) is 5.92 Å². The molecule has 7 heteroatoms. The van der Waals surface area contributed by atoms with Gasteiger partial charge in [0.05, 0.1) is 18.6 Å². The summed E-state index contributed by atoms with van der Waals surface area (Å²) in [5.74, 6) is -2.64. The maximum absolute atomic E-state index is 13.1. The highest BCUT2D eigenvalue weighted by Crippen LogP contribution is 2.22. The van der Waals surface area contributed by atoms with Crippen molar-refractivity contribution in [3.05, 3.63) is 29.8 Å². The number of hydrogen-bond acceptors (Lipinski definition) is 3. The molecule has 1 aliphatic rings. The number of nitrogens with zero attached hydrogens (tertiary/aromatic N) is 1. The van der Waals surface area contributed by atoms with Crippen LogP contribution in [-0.4, -0.2) is 43.0 Å². The van der Waals surface area contributed by atoms with Gasteiger partial charge in [-0.25, -0.2) is 8.78 Å². The fourth-order valence-corrected chi connectivity index (χ4v) is 2.53. The van der Waals surface area contributed by atoms with E-state index < -0.39 is 23.5 Å². The molecule has 0 spiro atoms. The molecular formula is C15H18F2N2O3. The molecule has 22 heavy (non-hydrogen) atoms. The van der Waals surface area contributed by atoms with Gasteiger partial charge < -0.3 is 15.0 Å². The van der Waals surface area contributed by atoms with Gasteiger partial charge in [-0.15, -0.1) is 0 Å². The second-order valence-electron chi connectivity index (χ2n) is 5.40. The minimum absolute atomic E-state index is 0.0401. The average Bonchev–Trinajstić information content (AvgIpc) is 2.80. The summed E-state index contributed by atoms with van der Waals surface area (Å²) in [5, 5.41) is 2.45. The van der Waals surface area contributed by atoms with E-state index in [4.69, 9.17) is 4.74 Å². The second kappa shape index (κ2) is 6.83. The lowest BCUT2D eigenvalue weighted by Crippen LogP contribution is -2.38. The third kappa shape index (κ3) is 3.79. The van der Waals surface area contributed by atoms with Crippen LogP contribution in [0.1, 0.15) is 13.3 Å². The predicted octanol–water partition coefficient (Wildman–Crippen LogP) is 1.79. The van der Waals surface area contributed by atoms with E-state index in [0.717, 1.165) is 18.2 Å². The molecule has 1 aliphatic heterocycles. The van der Waals surface area contributed by atoms with Crippen molar-refractivity contribution < 1.29 is 23.1 Å². The van der Waals surface area contributed by atoms with Gasteiger partial charge in [-0.2, -0.15) is 0 Å². The zero-order chi connectivity index (χ0) is 16.3. The number of likely N-dealkylation sites (tertiary alicyclic amines) is 1. The lowest BCUT2D eigenvalue weighted by Gasteiger charge is -2.23. The number of carbonyl (C=O) groups is 2. The molecule has 1 aromatic rings. The molecule has 5 nitrogen and oxygen atoms in total. The predicted molar refractivity (Wildman–Crippen MR) is 76.1 cm³/mol. The van der Waals surface area contributed by atoms with Gasteiger partial charge in [0.25, 0.3) is 0 Å². The Kier molecular flexibility index (Phi) is 5.07. The van der Waals surface area contributed by atoms with Gasteiger partial charge in [-0.3, -0.25) is 9.59 Å². The standard InChI is InChI=1S/C15H18F2N2O3/c1-9(8-22-2)19-7-10(3-14(19)20)15(21)18-13-5-11(16)4-12(17)6-13/h4-6,9-10H,3,7-8H2,1-2H3,(H,18,21)/t9-,10+/m1/s1. The van der Waals surface area contributed by atoms with E-state index in [1.54, 1.807) is 12.0 Å². The Morgan fingerprint density at radius 2 is 2.05 bits per heavy atom. The number of carbonyl (C=O) groups excluding carboxylic acids is 2. The Hall–Kier alpha value is -2.02. The lowest BCUT2D eigenvalue weighted by molar-refractivity contribution is -0.130. The smallest absolute Gasteiger partial charge is 0.229 e. The summed E-state index contributed by atoms with van der Waals surface area (Å²) in [7, 11) is 1.54. The summed E-state index contributed by atoms with van der Waals surface area (Å²) in [6, 6.07) is 2.66. The van der Waals surface area contributed by atoms with Crippen molar-refractivity contribution in [3.8, 4) is 0 Å². The molecule has 1 saturated heterocycles. The first-order valence-corrected chi connectivity index (χ1v) is 6.96. The summed E-state index contributed by atoms with van der Waals surface area (Å²) < 4.78 is 31.2. The van der Waals surface area contributed by atoms with Crippen LogP contribution in [0.4, 0.5) is 14.5 Å². The highest BCUT2D eigenvalue weighted by molar-refractivity contribution is 5.97. The summed E-state index contributed by atoms with van der Waals surface area (Å²) in [5.41, 5.74) is 0.0401. The molecule has 1 fully saturated rings. The van der Waals surface area contributed by atoms with Crippen molar-refractivity contribution in [3.63, 3.8) is 0 Å². The van der Waals surface area contributed by atoms with Crippen molar-refractivity contribution in [1.82, 2.24) is 4.90 Å². The fourth-order valence-electron chi connectivity index (χ4n) is 2.53. The zero-order valence-corrected chi connectivity index (χ0v) is 12.4. The van der Waals surface area contributed by atoms with Crippen molar-refractivity contribution in [1.29, 1.82) is 0 Å². The highest BCUT2D eigenvalue weighted by atomic mass is 19.1. The Balaban J connectivity index is 2.00. The molecule has 0 unspecified atom stereocenters. The van der Waals surface area contributed by atoms with Gasteiger partial charge in [-0.1, -0.05) is 0 Å². The van der Waals surface area contributed by atoms with Crippen LogP contribution < -0.4 is 5.32 Å². The SMILES string of the molecule is COC[C@@H](C)N1C[C@@H](C(=O)Nc2cc(F)cc(F)c2)CC1=O. The second-order valence-corrected chi connectivity index (χ2v) is 5.40. The molecule has 1 aromatic carbocycles. The number of amides is 2. The topological polar surface area (TPSA) is 58.6 Å². The van der Waals surface area contributed by atoms with E-state index in [-0.39, 0.29) is 30.6 Å². The minimum atomic E-state index is -0.770. The van der Waals surface area contributed by atoms with Crippen LogP contribution in [0, 0.1) is 17.6 Å². The number of hydrogen-bond donors (Lipinski definition) is 1. The molecule has 1 N–H and O–H groups in total. The van der Waals surface area contributed by atoms with E-state index in [9.17, 15) is 18.4 Å². The molecule has 2 amide bonds. The van der Waals surface area contributed by atoms with Crippen LogP contribution >= 0.6 is 0 Å². The number of ether oxygens (including phenoxy) is 1. The molecule has 1 heterocycles. The number of anilines is 1. The third-order valence-electron chi connectivity index (χ3n) is 3.60. The first-order chi connectivity index (χ1) is 10.4. The molecule has 0 aromatic heterocycles. The molecular weight excluding hydrogens is 294 g/mol. The molecule has 0 aliphatic carbocycles. The molecule has 2 atom stereocenters. The number of halogens is 2. The van der Waals surface area contributed by atoms with Crippen molar-refractivity contribution in [2.45, 2.75) is 19.4 Å². The summed E-state index contributed by atoms with van der Waals surface area (Å²) in [6.45, 7) is 2.49. The minimum Gasteiger partial charge on any atom is -0.383 e. The maximum Gasteiger partial charge on any atom is 0.229 e. The number of nitrogens with one attached hydrogen (secondary N) is 1. The highest BCUT2D eigenvalue weighted by Gasteiger charge is 2.36. The maximum atomic E-state index is 13.1. The van der Waals surface area contributed by atoms with E-state index in [1.807, 2.05) is 6.92 Å². The third-order valence-corrected chi connectivity index (χ3v) is 3.60. The largest absolute Gasteiger partial charge is 0.383 e. The summed E-state index contributed by atoms with van der Waals surface area (Å²) in [6.07, 6.45) is 0.0810. The molecule has 0 bridgehead atoms.